The van der Waals surface area contributed by atoms with Crippen molar-refractivity contribution in [3.8, 4) is 0 Å². The zero-order valence-corrected chi connectivity index (χ0v) is 12.1. The van der Waals surface area contributed by atoms with Crippen LogP contribution in [0.2, 0.25) is 0 Å². The predicted molar refractivity (Wildman–Crippen MR) is 73.0 cm³/mol. The van der Waals surface area contributed by atoms with Crippen LogP contribution in [-0.4, -0.2) is 51.3 Å². The fourth-order valence-electron chi connectivity index (χ4n) is 2.51. The third-order valence-corrected chi connectivity index (χ3v) is 4.16. The number of aromatic nitrogens is 3. The molecule has 4 rings (SSSR count). The van der Waals surface area contributed by atoms with Gasteiger partial charge in [0.05, 0.1) is 51.2 Å². The van der Waals surface area contributed by atoms with Gasteiger partial charge >= 0.3 is 17.1 Å². The van der Waals surface area contributed by atoms with Crippen LogP contribution in [0.25, 0.3) is 0 Å². The zero-order chi connectivity index (χ0) is 15.4. The first kappa shape index (κ1) is 13.9. The number of ether oxygens (including phenoxy) is 3. The standard InChI is InChI=1S/C13H17N3O6/c1-7-10(22-7)4-16-12(18)14(2-8-5-20-8)11(17)15(13(16)19)3-9-6-21-9/h7-10H,2-6H2,1H3. The molecule has 0 bridgehead atoms. The smallest absolute Gasteiger partial charge is 0.336 e. The van der Waals surface area contributed by atoms with E-state index < -0.39 is 17.1 Å². The number of hydrogen-bond donors (Lipinski definition) is 0. The Kier molecular flexibility index (Phi) is 3.10. The molecule has 4 unspecified atom stereocenters. The fourth-order valence-corrected chi connectivity index (χ4v) is 2.51. The monoisotopic (exact) mass is 311 g/mol. The zero-order valence-electron chi connectivity index (χ0n) is 12.1. The van der Waals surface area contributed by atoms with Gasteiger partial charge in [-0.2, -0.15) is 0 Å². The molecule has 0 aromatic carbocycles. The van der Waals surface area contributed by atoms with E-state index in [2.05, 4.69) is 0 Å². The highest BCUT2D eigenvalue weighted by atomic mass is 16.6. The second-order valence-electron chi connectivity index (χ2n) is 5.97. The first-order valence-electron chi connectivity index (χ1n) is 7.37. The summed E-state index contributed by atoms with van der Waals surface area (Å²) in [4.78, 5) is 37.4. The number of rotatable bonds is 6. The van der Waals surface area contributed by atoms with Gasteiger partial charge in [0.15, 0.2) is 0 Å². The van der Waals surface area contributed by atoms with Gasteiger partial charge in [0.2, 0.25) is 0 Å². The first-order chi connectivity index (χ1) is 10.5. The average Bonchev–Trinajstić information content (AvgIpc) is 3.31. The van der Waals surface area contributed by atoms with Crippen molar-refractivity contribution < 1.29 is 14.2 Å². The van der Waals surface area contributed by atoms with Gasteiger partial charge in [0.1, 0.15) is 6.10 Å². The normalized spacial score (nSPS) is 32.0. The van der Waals surface area contributed by atoms with Crippen LogP contribution in [0.5, 0.6) is 0 Å². The Labute approximate surface area is 124 Å². The highest BCUT2D eigenvalue weighted by Crippen LogP contribution is 2.21. The van der Waals surface area contributed by atoms with E-state index in [0.717, 1.165) is 13.7 Å². The molecular formula is C13H17N3O6. The van der Waals surface area contributed by atoms with Crippen molar-refractivity contribution in [3.63, 3.8) is 0 Å². The molecule has 1 aromatic rings. The van der Waals surface area contributed by atoms with Crippen LogP contribution in [0.15, 0.2) is 14.4 Å². The lowest BCUT2D eigenvalue weighted by Gasteiger charge is -2.12. The molecule has 0 aliphatic carbocycles. The van der Waals surface area contributed by atoms with Crippen LogP contribution in [-0.2, 0) is 33.8 Å². The third-order valence-electron chi connectivity index (χ3n) is 4.16. The Morgan fingerprint density at radius 2 is 1.23 bits per heavy atom. The van der Waals surface area contributed by atoms with Crippen molar-refractivity contribution in [3.05, 3.63) is 31.5 Å². The highest BCUT2D eigenvalue weighted by Gasteiger charge is 2.36. The van der Waals surface area contributed by atoms with Crippen LogP contribution in [0.4, 0.5) is 0 Å². The second-order valence-corrected chi connectivity index (χ2v) is 5.97. The van der Waals surface area contributed by atoms with Crippen LogP contribution >= 0.6 is 0 Å². The summed E-state index contributed by atoms with van der Waals surface area (Å²) in [5.74, 6) is 0. The summed E-state index contributed by atoms with van der Waals surface area (Å²) in [6, 6.07) is 0. The number of epoxide rings is 3. The summed E-state index contributed by atoms with van der Waals surface area (Å²) in [5.41, 5.74) is -1.79. The Bertz CT molecular complexity index is 717. The van der Waals surface area contributed by atoms with Crippen LogP contribution in [0, 0.1) is 0 Å². The SMILES string of the molecule is CC1OC1Cn1c(=O)n(CC2CO2)c(=O)n(CC2CO2)c1=O. The second kappa shape index (κ2) is 4.90. The summed E-state index contributed by atoms with van der Waals surface area (Å²) < 4.78 is 18.7. The van der Waals surface area contributed by atoms with Crippen LogP contribution in [0.1, 0.15) is 6.92 Å². The van der Waals surface area contributed by atoms with Crippen molar-refractivity contribution in [1.29, 1.82) is 0 Å². The van der Waals surface area contributed by atoms with Crippen molar-refractivity contribution >= 4 is 0 Å². The van der Waals surface area contributed by atoms with Gasteiger partial charge in [-0.25, -0.2) is 28.1 Å². The Morgan fingerprint density at radius 1 is 0.864 bits per heavy atom. The molecule has 3 fully saturated rings. The molecule has 0 radical (unpaired) electrons. The Hall–Kier alpha value is -1.71. The van der Waals surface area contributed by atoms with Gasteiger partial charge in [-0.1, -0.05) is 0 Å². The molecule has 22 heavy (non-hydrogen) atoms. The minimum atomic E-state index is -0.596. The van der Waals surface area contributed by atoms with E-state index in [4.69, 9.17) is 14.2 Å². The maximum Gasteiger partial charge on any atom is 0.336 e. The molecule has 0 amide bonds. The fraction of sp³-hybridized carbons (Fsp3) is 0.769. The van der Waals surface area contributed by atoms with Crippen LogP contribution < -0.4 is 17.1 Å². The maximum absolute atomic E-state index is 12.5. The molecule has 1 aromatic heterocycles. The maximum atomic E-state index is 12.5. The molecule has 9 heteroatoms. The van der Waals surface area contributed by atoms with E-state index in [1.165, 1.54) is 0 Å². The van der Waals surface area contributed by atoms with Gasteiger partial charge in [-0.3, -0.25) is 0 Å². The quantitative estimate of drug-likeness (QED) is 0.550. The van der Waals surface area contributed by atoms with Gasteiger partial charge in [0, 0.05) is 0 Å². The molecule has 9 nitrogen and oxygen atoms in total. The van der Waals surface area contributed by atoms with Crippen molar-refractivity contribution in [2.75, 3.05) is 13.2 Å². The molecule has 0 N–H and O–H groups in total. The summed E-state index contributed by atoms with van der Waals surface area (Å²) in [6.45, 7) is 3.44. The van der Waals surface area contributed by atoms with E-state index in [1.54, 1.807) is 0 Å². The van der Waals surface area contributed by atoms with Crippen molar-refractivity contribution in [2.45, 2.75) is 51.0 Å². The van der Waals surface area contributed by atoms with Gasteiger partial charge in [-0.05, 0) is 6.92 Å². The van der Waals surface area contributed by atoms with Crippen molar-refractivity contribution in [1.82, 2.24) is 13.7 Å². The lowest BCUT2D eigenvalue weighted by atomic mass is 10.3. The minimum absolute atomic E-state index is 0.0265. The summed E-state index contributed by atoms with van der Waals surface area (Å²) >= 11 is 0. The van der Waals surface area contributed by atoms with Gasteiger partial charge < -0.3 is 14.2 Å². The molecule has 3 aliphatic rings. The topological polar surface area (TPSA) is 104 Å². The molecular weight excluding hydrogens is 294 g/mol. The predicted octanol–water partition coefficient (Wildman–Crippen LogP) is -2.24. The van der Waals surface area contributed by atoms with Gasteiger partial charge in [-0.15, -0.1) is 0 Å². The Morgan fingerprint density at radius 3 is 1.55 bits per heavy atom. The van der Waals surface area contributed by atoms with E-state index in [1.807, 2.05) is 6.92 Å². The number of nitrogens with zero attached hydrogens (tertiary/aromatic N) is 3. The van der Waals surface area contributed by atoms with E-state index in [9.17, 15) is 14.4 Å². The summed E-state index contributed by atoms with van der Waals surface area (Å²) in [6.07, 6.45) is -0.381. The largest absolute Gasteiger partial charge is 0.371 e. The average molecular weight is 311 g/mol. The van der Waals surface area contributed by atoms with Gasteiger partial charge in [0.25, 0.3) is 0 Å². The lowest BCUT2D eigenvalue weighted by molar-refractivity contribution is 0.323. The molecule has 0 saturated carbocycles. The minimum Gasteiger partial charge on any atom is -0.371 e. The highest BCUT2D eigenvalue weighted by molar-refractivity contribution is 4.88. The summed E-state index contributed by atoms with van der Waals surface area (Å²) in [5, 5.41) is 0. The van der Waals surface area contributed by atoms with Crippen LogP contribution in [0.3, 0.4) is 0 Å². The first-order valence-corrected chi connectivity index (χ1v) is 7.37. The lowest BCUT2D eigenvalue weighted by Crippen LogP contribution is -2.55. The summed E-state index contributed by atoms with van der Waals surface area (Å²) in [7, 11) is 0. The van der Waals surface area contributed by atoms with E-state index in [-0.39, 0.29) is 44.1 Å². The molecule has 0 spiro atoms. The molecule has 3 saturated heterocycles. The van der Waals surface area contributed by atoms with Crippen molar-refractivity contribution in [2.24, 2.45) is 0 Å². The Balaban J connectivity index is 1.78. The third kappa shape index (κ3) is 2.55. The molecule has 4 atom stereocenters. The van der Waals surface area contributed by atoms with E-state index in [0.29, 0.717) is 13.2 Å². The molecule has 120 valence electrons. The molecule has 4 heterocycles. The van der Waals surface area contributed by atoms with E-state index >= 15 is 0 Å². The number of hydrogen-bond acceptors (Lipinski definition) is 6. The molecule has 3 aliphatic heterocycles.